The molecule has 0 atom stereocenters. The third kappa shape index (κ3) is 2.73. The minimum absolute atomic E-state index is 0.253. The number of para-hydroxylation sites is 1. The molecule has 2 heterocycles. The van der Waals surface area contributed by atoms with Crippen LogP contribution in [0.2, 0.25) is 0 Å². The van der Waals surface area contributed by atoms with Crippen molar-refractivity contribution in [2.75, 3.05) is 12.4 Å². The van der Waals surface area contributed by atoms with Gasteiger partial charge < -0.3 is 10.2 Å². The van der Waals surface area contributed by atoms with Crippen LogP contribution >= 0.6 is 0 Å². The van der Waals surface area contributed by atoms with Gasteiger partial charge in [-0.3, -0.25) is 9.36 Å². The van der Waals surface area contributed by atoms with Crippen LogP contribution < -0.4 is 10.9 Å². The summed E-state index contributed by atoms with van der Waals surface area (Å²) in [5.41, 5.74) is 2.48. The van der Waals surface area contributed by atoms with Gasteiger partial charge >= 0.3 is 0 Å². The van der Waals surface area contributed by atoms with Gasteiger partial charge in [0.2, 0.25) is 0 Å². The maximum absolute atomic E-state index is 13.9. The highest BCUT2D eigenvalue weighted by Crippen LogP contribution is 2.30. The Balaban J connectivity index is 1.76. The van der Waals surface area contributed by atoms with Crippen molar-refractivity contribution in [2.45, 2.75) is 0 Å². The Morgan fingerprint density at radius 2 is 1.80 bits per heavy atom. The highest BCUT2D eigenvalue weighted by molar-refractivity contribution is 6.16. The van der Waals surface area contributed by atoms with Gasteiger partial charge in [-0.05, 0) is 54.6 Å². The fourth-order valence-electron chi connectivity index (χ4n) is 3.58. The third-order valence-corrected chi connectivity index (χ3v) is 4.87. The number of halogens is 2. The topological polar surface area (TPSA) is 68.5 Å². The van der Waals surface area contributed by atoms with Gasteiger partial charge in [0.15, 0.2) is 11.5 Å². The lowest BCUT2D eigenvalue weighted by Gasteiger charge is -2.11. The van der Waals surface area contributed by atoms with E-state index in [1.807, 2.05) is 0 Å². The molecular formula is C22H14F2N4O2. The molecule has 0 unspecified atom stereocenters. The predicted octanol–water partition coefficient (Wildman–Crippen LogP) is 4.12. The van der Waals surface area contributed by atoms with Gasteiger partial charge in [0.1, 0.15) is 24.3 Å². The van der Waals surface area contributed by atoms with Gasteiger partial charge in [-0.1, -0.05) is 11.2 Å². The molecule has 0 radical (unpaired) electrons. The normalized spacial score (nSPS) is 13.4. The number of fused-ring (bicyclic) bond motifs is 4. The smallest absolute Gasteiger partial charge is 0.266 e. The second-order valence-electron chi connectivity index (χ2n) is 6.69. The second-order valence-corrected chi connectivity index (χ2v) is 6.69. The fourth-order valence-corrected chi connectivity index (χ4v) is 3.58. The van der Waals surface area contributed by atoms with Crippen LogP contribution in [-0.4, -0.2) is 22.4 Å². The summed E-state index contributed by atoms with van der Waals surface area (Å²) in [6, 6.07) is 15.1. The van der Waals surface area contributed by atoms with Gasteiger partial charge in [-0.15, -0.1) is 0 Å². The van der Waals surface area contributed by atoms with Crippen molar-refractivity contribution in [3.8, 4) is 5.69 Å². The van der Waals surface area contributed by atoms with Crippen molar-refractivity contribution in [3.63, 3.8) is 0 Å². The number of oxime groups is 1. The molecule has 30 heavy (non-hydrogen) atoms. The van der Waals surface area contributed by atoms with Crippen LogP contribution in [0.1, 0.15) is 11.4 Å². The molecule has 1 aliphatic heterocycles. The molecule has 5 rings (SSSR count). The van der Waals surface area contributed by atoms with E-state index in [1.165, 1.54) is 42.0 Å². The van der Waals surface area contributed by atoms with Crippen molar-refractivity contribution < 1.29 is 13.6 Å². The van der Waals surface area contributed by atoms with E-state index in [2.05, 4.69) is 15.5 Å². The standard InChI is InChI=1S/C22H14F2N4O2/c1-30-27-20-16-11-13(24)7-10-18(16)28-21(20)26-19-15(22(28)29)3-2-4-17(19)25-14-8-5-12(23)6-9-14/h2-11,25H,1H3/b27-20+. The number of rotatable bonds is 3. The first-order valence-corrected chi connectivity index (χ1v) is 9.07. The Bertz CT molecular complexity index is 1400. The molecular weight excluding hydrogens is 390 g/mol. The van der Waals surface area contributed by atoms with E-state index < -0.39 is 5.82 Å². The number of hydrogen-bond acceptors (Lipinski definition) is 5. The van der Waals surface area contributed by atoms with E-state index in [1.54, 1.807) is 30.3 Å². The Hall–Kier alpha value is -4.07. The van der Waals surface area contributed by atoms with Crippen molar-refractivity contribution >= 4 is 28.0 Å². The van der Waals surface area contributed by atoms with E-state index in [-0.39, 0.29) is 22.9 Å². The maximum Gasteiger partial charge on any atom is 0.266 e. The number of anilines is 2. The molecule has 0 saturated carbocycles. The highest BCUT2D eigenvalue weighted by Gasteiger charge is 2.30. The van der Waals surface area contributed by atoms with Gasteiger partial charge in [0.25, 0.3) is 5.56 Å². The maximum atomic E-state index is 13.9. The van der Waals surface area contributed by atoms with E-state index in [4.69, 9.17) is 4.84 Å². The molecule has 3 aromatic carbocycles. The largest absolute Gasteiger partial charge is 0.399 e. The summed E-state index contributed by atoms with van der Waals surface area (Å²) in [6.07, 6.45) is 0. The minimum atomic E-state index is -0.457. The zero-order valence-electron chi connectivity index (χ0n) is 15.7. The van der Waals surface area contributed by atoms with E-state index >= 15 is 0 Å². The van der Waals surface area contributed by atoms with Crippen LogP contribution in [0, 0.1) is 11.6 Å². The molecule has 4 aromatic rings. The Morgan fingerprint density at radius 1 is 1.03 bits per heavy atom. The van der Waals surface area contributed by atoms with Gasteiger partial charge in [-0.2, -0.15) is 0 Å². The lowest BCUT2D eigenvalue weighted by atomic mass is 10.1. The molecule has 1 N–H and O–H groups in total. The highest BCUT2D eigenvalue weighted by atomic mass is 19.1. The average molecular weight is 404 g/mol. The van der Waals surface area contributed by atoms with Crippen molar-refractivity contribution in [3.05, 3.63) is 94.0 Å². The number of hydrogen-bond donors (Lipinski definition) is 1. The zero-order chi connectivity index (χ0) is 20.8. The molecule has 0 fully saturated rings. The average Bonchev–Trinajstić information content (AvgIpc) is 3.04. The first-order valence-electron chi connectivity index (χ1n) is 9.07. The van der Waals surface area contributed by atoms with Gasteiger partial charge in [-0.25, -0.2) is 13.8 Å². The second kappa shape index (κ2) is 6.77. The molecule has 1 aromatic heterocycles. The van der Waals surface area contributed by atoms with Crippen LogP contribution in [0.3, 0.4) is 0 Å². The zero-order valence-corrected chi connectivity index (χ0v) is 15.7. The monoisotopic (exact) mass is 404 g/mol. The fraction of sp³-hybridized carbons (Fsp3) is 0.0455. The summed E-state index contributed by atoms with van der Waals surface area (Å²) < 4.78 is 28.5. The minimum Gasteiger partial charge on any atom is -0.399 e. The molecule has 6 nitrogen and oxygen atoms in total. The van der Waals surface area contributed by atoms with E-state index in [0.717, 1.165) is 0 Å². The van der Waals surface area contributed by atoms with E-state index in [0.29, 0.717) is 33.5 Å². The summed E-state index contributed by atoms with van der Waals surface area (Å²) in [5, 5.41) is 7.52. The quantitative estimate of drug-likeness (QED) is 0.460. The van der Waals surface area contributed by atoms with Crippen molar-refractivity contribution in [1.82, 2.24) is 9.55 Å². The summed E-state index contributed by atoms with van der Waals surface area (Å²) in [6.45, 7) is 0. The summed E-state index contributed by atoms with van der Waals surface area (Å²) in [5.74, 6) is -0.553. The molecule has 0 amide bonds. The molecule has 1 aliphatic rings. The lowest BCUT2D eigenvalue weighted by Crippen LogP contribution is -2.22. The third-order valence-electron chi connectivity index (χ3n) is 4.87. The van der Waals surface area contributed by atoms with Gasteiger partial charge in [0.05, 0.1) is 16.8 Å². The summed E-state index contributed by atoms with van der Waals surface area (Å²) in [7, 11) is 1.37. The summed E-state index contributed by atoms with van der Waals surface area (Å²) in [4.78, 5) is 22.9. The predicted molar refractivity (Wildman–Crippen MR) is 110 cm³/mol. The number of aromatic nitrogens is 2. The van der Waals surface area contributed by atoms with Crippen molar-refractivity contribution in [2.24, 2.45) is 5.16 Å². The SMILES string of the molecule is CO/N=C1\c2cc(F)ccc2-n2c1nc1c(Nc3ccc(F)cc3)cccc1c2=O. The van der Waals surface area contributed by atoms with Crippen LogP contribution in [-0.2, 0) is 4.84 Å². The first-order chi connectivity index (χ1) is 14.6. The van der Waals surface area contributed by atoms with Crippen LogP contribution in [0.5, 0.6) is 0 Å². The van der Waals surface area contributed by atoms with Gasteiger partial charge in [0, 0.05) is 11.3 Å². The Morgan fingerprint density at radius 3 is 2.57 bits per heavy atom. The van der Waals surface area contributed by atoms with Crippen LogP contribution in [0.15, 0.2) is 70.6 Å². The van der Waals surface area contributed by atoms with Crippen molar-refractivity contribution in [1.29, 1.82) is 0 Å². The number of benzene rings is 3. The van der Waals surface area contributed by atoms with Crippen LogP contribution in [0.4, 0.5) is 20.2 Å². The van der Waals surface area contributed by atoms with E-state index in [9.17, 15) is 13.6 Å². The molecule has 8 heteroatoms. The molecule has 0 saturated heterocycles. The number of nitrogens with zero attached hydrogens (tertiary/aromatic N) is 3. The number of nitrogens with one attached hydrogen (secondary N) is 1. The molecule has 0 spiro atoms. The van der Waals surface area contributed by atoms with Crippen LogP contribution in [0.25, 0.3) is 16.6 Å². The Labute approximate surface area is 169 Å². The lowest BCUT2D eigenvalue weighted by molar-refractivity contribution is 0.214. The molecule has 0 aliphatic carbocycles. The molecule has 0 bridgehead atoms. The Kier molecular flexibility index (Phi) is 4.06. The molecule has 148 valence electrons. The first kappa shape index (κ1) is 18.0. The summed E-state index contributed by atoms with van der Waals surface area (Å²) >= 11 is 0.